The lowest BCUT2D eigenvalue weighted by molar-refractivity contribution is -0.119. The minimum Gasteiger partial charge on any atom is -0.452 e. The number of amides is 1. The van der Waals surface area contributed by atoms with Gasteiger partial charge in [0.1, 0.15) is 0 Å². The van der Waals surface area contributed by atoms with Crippen LogP contribution in [0.25, 0.3) is 0 Å². The van der Waals surface area contributed by atoms with E-state index in [0.717, 1.165) is 0 Å². The summed E-state index contributed by atoms with van der Waals surface area (Å²) in [6.45, 7) is 0.954. The van der Waals surface area contributed by atoms with Crippen LogP contribution in [0.1, 0.15) is 27.6 Å². The Morgan fingerprint density at radius 3 is 2.43 bits per heavy atom. The summed E-state index contributed by atoms with van der Waals surface area (Å²) >= 11 is 5.92. The fraction of sp³-hybridized carbons (Fsp3) is 0.118. The molecule has 0 aliphatic carbocycles. The van der Waals surface area contributed by atoms with Crippen LogP contribution in [0.2, 0.25) is 5.02 Å². The topological polar surface area (TPSA) is 72.5 Å². The molecule has 0 radical (unpaired) electrons. The minimum absolute atomic E-state index is 0.156. The highest BCUT2D eigenvalue weighted by molar-refractivity contribution is 6.33. The van der Waals surface area contributed by atoms with E-state index in [-0.39, 0.29) is 11.3 Å². The lowest BCUT2D eigenvalue weighted by Crippen LogP contribution is -2.21. The number of benzene rings is 2. The Kier molecular flexibility index (Phi) is 5.49. The second-order valence-corrected chi connectivity index (χ2v) is 5.15. The van der Waals surface area contributed by atoms with E-state index in [1.165, 1.54) is 19.1 Å². The van der Waals surface area contributed by atoms with Gasteiger partial charge in [0.15, 0.2) is 12.4 Å². The lowest BCUT2D eigenvalue weighted by atomic mass is 10.1. The third-order valence-corrected chi connectivity index (χ3v) is 3.32. The van der Waals surface area contributed by atoms with Crippen molar-refractivity contribution in [2.75, 3.05) is 11.9 Å². The van der Waals surface area contributed by atoms with Gasteiger partial charge in [-0.2, -0.15) is 0 Å². The number of ketones is 1. The van der Waals surface area contributed by atoms with Crippen LogP contribution in [0.15, 0.2) is 48.5 Å². The maximum absolute atomic E-state index is 11.9. The van der Waals surface area contributed by atoms with E-state index < -0.39 is 18.5 Å². The first kappa shape index (κ1) is 16.7. The number of nitrogens with one attached hydrogen (secondary N) is 1. The minimum atomic E-state index is -0.678. The molecular formula is C17H14ClNO4. The molecule has 0 aliphatic heterocycles. The molecule has 23 heavy (non-hydrogen) atoms. The van der Waals surface area contributed by atoms with Gasteiger partial charge in [0.25, 0.3) is 5.91 Å². The molecule has 0 aliphatic rings. The molecule has 0 bridgehead atoms. The van der Waals surface area contributed by atoms with Crippen molar-refractivity contribution < 1.29 is 19.1 Å². The van der Waals surface area contributed by atoms with Crippen molar-refractivity contribution in [1.82, 2.24) is 0 Å². The van der Waals surface area contributed by atoms with Gasteiger partial charge in [-0.25, -0.2) is 4.79 Å². The van der Waals surface area contributed by atoms with Crippen LogP contribution in [0, 0.1) is 0 Å². The number of para-hydroxylation sites is 1. The number of hydrogen-bond donors (Lipinski definition) is 1. The lowest BCUT2D eigenvalue weighted by Gasteiger charge is -2.08. The number of halogens is 1. The van der Waals surface area contributed by atoms with Gasteiger partial charge < -0.3 is 10.1 Å². The average Bonchev–Trinajstić information content (AvgIpc) is 2.55. The van der Waals surface area contributed by atoms with Gasteiger partial charge in [-0.15, -0.1) is 0 Å². The van der Waals surface area contributed by atoms with Gasteiger partial charge in [-0.05, 0) is 31.2 Å². The van der Waals surface area contributed by atoms with Crippen molar-refractivity contribution >= 4 is 34.9 Å². The summed E-state index contributed by atoms with van der Waals surface area (Å²) in [4.78, 5) is 35.0. The molecule has 0 heterocycles. The van der Waals surface area contributed by atoms with Crippen molar-refractivity contribution in [2.24, 2.45) is 0 Å². The first-order valence-electron chi connectivity index (χ1n) is 6.80. The molecule has 2 aromatic carbocycles. The molecular weight excluding hydrogens is 318 g/mol. The molecule has 0 spiro atoms. The molecule has 0 saturated carbocycles. The highest BCUT2D eigenvalue weighted by atomic mass is 35.5. The Hall–Kier alpha value is -2.66. The summed E-state index contributed by atoms with van der Waals surface area (Å²) in [5.74, 6) is -1.34. The SMILES string of the molecule is CC(=O)c1cccc(C(=O)OCC(=O)Nc2ccccc2Cl)c1. The van der Waals surface area contributed by atoms with Crippen LogP contribution >= 0.6 is 11.6 Å². The van der Waals surface area contributed by atoms with E-state index in [4.69, 9.17) is 16.3 Å². The largest absolute Gasteiger partial charge is 0.452 e. The fourth-order valence-corrected chi connectivity index (χ4v) is 2.01. The number of carbonyl (C=O) groups is 3. The highest BCUT2D eigenvalue weighted by Crippen LogP contribution is 2.20. The van der Waals surface area contributed by atoms with E-state index >= 15 is 0 Å². The third-order valence-electron chi connectivity index (χ3n) is 2.99. The summed E-state index contributed by atoms with van der Waals surface area (Å²) in [7, 11) is 0. The predicted octanol–water partition coefficient (Wildman–Crippen LogP) is 3.34. The Bertz CT molecular complexity index is 758. The van der Waals surface area contributed by atoms with Crippen molar-refractivity contribution in [3.05, 3.63) is 64.7 Å². The van der Waals surface area contributed by atoms with Crippen molar-refractivity contribution in [3.63, 3.8) is 0 Å². The Morgan fingerprint density at radius 2 is 1.74 bits per heavy atom. The summed E-state index contributed by atoms with van der Waals surface area (Å²) in [5.41, 5.74) is 1.05. The van der Waals surface area contributed by atoms with Crippen molar-refractivity contribution in [3.8, 4) is 0 Å². The molecule has 2 aromatic rings. The first-order chi connectivity index (χ1) is 11.0. The van der Waals surface area contributed by atoms with Gasteiger partial charge in [0, 0.05) is 5.56 Å². The number of anilines is 1. The predicted molar refractivity (Wildman–Crippen MR) is 86.8 cm³/mol. The second kappa shape index (κ2) is 7.56. The molecule has 6 heteroatoms. The quantitative estimate of drug-likeness (QED) is 0.673. The third kappa shape index (κ3) is 4.66. The summed E-state index contributed by atoms with van der Waals surface area (Å²) in [5, 5.41) is 2.93. The number of rotatable bonds is 5. The zero-order valence-corrected chi connectivity index (χ0v) is 13.1. The van der Waals surface area contributed by atoms with E-state index in [0.29, 0.717) is 16.3 Å². The van der Waals surface area contributed by atoms with Gasteiger partial charge in [-0.1, -0.05) is 35.9 Å². The maximum atomic E-state index is 11.9. The molecule has 118 valence electrons. The molecule has 0 atom stereocenters. The summed E-state index contributed by atoms with van der Waals surface area (Å²) < 4.78 is 4.93. The summed E-state index contributed by atoms with van der Waals surface area (Å²) in [6, 6.07) is 12.9. The Labute approximate surface area is 138 Å². The van der Waals surface area contributed by atoms with Crippen LogP contribution in [0.3, 0.4) is 0 Å². The smallest absolute Gasteiger partial charge is 0.338 e. The van der Waals surface area contributed by atoms with Crippen molar-refractivity contribution in [2.45, 2.75) is 6.92 Å². The summed E-state index contributed by atoms with van der Waals surface area (Å²) in [6.07, 6.45) is 0. The van der Waals surface area contributed by atoms with Crippen LogP contribution in [-0.4, -0.2) is 24.3 Å². The van der Waals surface area contributed by atoms with Crippen LogP contribution in [-0.2, 0) is 9.53 Å². The monoisotopic (exact) mass is 331 g/mol. The maximum Gasteiger partial charge on any atom is 0.338 e. The van der Waals surface area contributed by atoms with Gasteiger partial charge in [0.2, 0.25) is 0 Å². The molecule has 1 N–H and O–H groups in total. The average molecular weight is 332 g/mol. The Balaban J connectivity index is 1.94. The molecule has 0 aromatic heterocycles. The van der Waals surface area contributed by atoms with E-state index in [1.54, 1.807) is 36.4 Å². The van der Waals surface area contributed by atoms with E-state index in [9.17, 15) is 14.4 Å². The first-order valence-corrected chi connectivity index (χ1v) is 7.17. The zero-order chi connectivity index (χ0) is 16.8. The number of ether oxygens (including phenoxy) is 1. The molecule has 5 nitrogen and oxygen atoms in total. The van der Waals surface area contributed by atoms with Crippen LogP contribution in [0.5, 0.6) is 0 Å². The fourth-order valence-electron chi connectivity index (χ4n) is 1.83. The van der Waals surface area contributed by atoms with E-state index in [1.807, 2.05) is 0 Å². The van der Waals surface area contributed by atoms with Crippen LogP contribution < -0.4 is 5.32 Å². The molecule has 0 fully saturated rings. The van der Waals surface area contributed by atoms with Gasteiger partial charge in [-0.3, -0.25) is 9.59 Å². The zero-order valence-electron chi connectivity index (χ0n) is 12.3. The van der Waals surface area contributed by atoms with Crippen molar-refractivity contribution in [1.29, 1.82) is 0 Å². The van der Waals surface area contributed by atoms with Gasteiger partial charge in [0.05, 0.1) is 16.3 Å². The molecule has 1 amide bonds. The number of carbonyl (C=O) groups excluding carboxylic acids is 3. The second-order valence-electron chi connectivity index (χ2n) is 4.74. The molecule has 2 rings (SSSR count). The number of hydrogen-bond acceptors (Lipinski definition) is 4. The Morgan fingerprint density at radius 1 is 1.04 bits per heavy atom. The highest BCUT2D eigenvalue weighted by Gasteiger charge is 2.12. The van der Waals surface area contributed by atoms with Gasteiger partial charge >= 0.3 is 5.97 Å². The molecule has 0 saturated heterocycles. The number of Topliss-reactive ketones (excluding diaryl/α,β-unsaturated/α-hetero) is 1. The van der Waals surface area contributed by atoms with Crippen LogP contribution in [0.4, 0.5) is 5.69 Å². The standard InChI is InChI=1S/C17H14ClNO4/c1-11(20)12-5-4-6-13(9-12)17(22)23-10-16(21)19-15-8-3-2-7-14(15)18/h2-9H,10H2,1H3,(H,19,21). The number of esters is 1. The van der Waals surface area contributed by atoms with E-state index in [2.05, 4.69) is 5.32 Å². The molecule has 0 unspecified atom stereocenters. The normalized spacial score (nSPS) is 10.0.